The standard InChI is InChI=1S/C11H17N5O2/c12-10-2-1-9(13-14-10)11(18)16-5-3-15(4-6-16)7-8-17/h1-2,17H,3-8H2,(H2,12,14). The van der Waals surface area contributed by atoms with E-state index in [-0.39, 0.29) is 12.5 Å². The van der Waals surface area contributed by atoms with Crippen molar-refractivity contribution in [2.45, 2.75) is 0 Å². The van der Waals surface area contributed by atoms with Crippen LogP contribution in [0.15, 0.2) is 12.1 Å². The lowest BCUT2D eigenvalue weighted by atomic mass is 10.2. The van der Waals surface area contributed by atoms with Gasteiger partial charge in [0.2, 0.25) is 0 Å². The van der Waals surface area contributed by atoms with E-state index in [0.29, 0.717) is 31.1 Å². The van der Waals surface area contributed by atoms with Crippen molar-refractivity contribution >= 4 is 11.7 Å². The molecule has 1 aliphatic rings. The molecule has 0 aromatic carbocycles. The number of nitrogens with two attached hydrogens (primary N) is 1. The minimum absolute atomic E-state index is 0.119. The summed E-state index contributed by atoms with van der Waals surface area (Å²) in [7, 11) is 0. The molecule has 2 rings (SSSR count). The highest BCUT2D eigenvalue weighted by Gasteiger charge is 2.22. The number of carbonyl (C=O) groups is 1. The van der Waals surface area contributed by atoms with E-state index >= 15 is 0 Å². The molecular weight excluding hydrogens is 234 g/mol. The molecule has 1 aliphatic heterocycles. The summed E-state index contributed by atoms with van der Waals surface area (Å²) in [5, 5.41) is 16.3. The van der Waals surface area contributed by atoms with Gasteiger partial charge >= 0.3 is 0 Å². The van der Waals surface area contributed by atoms with Crippen molar-refractivity contribution in [3.63, 3.8) is 0 Å². The number of amides is 1. The Bertz CT molecular complexity index is 400. The Morgan fingerprint density at radius 3 is 2.56 bits per heavy atom. The summed E-state index contributed by atoms with van der Waals surface area (Å²) in [5.41, 5.74) is 5.75. The number of β-amino-alcohol motifs (C(OH)–C–C–N with tert-alkyl or cyclic N) is 1. The summed E-state index contributed by atoms with van der Waals surface area (Å²) >= 11 is 0. The van der Waals surface area contributed by atoms with Gasteiger partial charge in [-0.05, 0) is 12.1 Å². The van der Waals surface area contributed by atoms with Gasteiger partial charge in [-0.25, -0.2) is 0 Å². The number of piperazine rings is 1. The van der Waals surface area contributed by atoms with Crippen molar-refractivity contribution in [1.29, 1.82) is 0 Å². The van der Waals surface area contributed by atoms with Gasteiger partial charge in [0, 0.05) is 32.7 Å². The van der Waals surface area contributed by atoms with Gasteiger partial charge in [0.25, 0.3) is 5.91 Å². The highest BCUT2D eigenvalue weighted by Crippen LogP contribution is 2.07. The molecule has 3 N–H and O–H groups in total. The number of hydrogen-bond acceptors (Lipinski definition) is 6. The second-order valence-corrected chi connectivity index (χ2v) is 4.20. The summed E-state index contributed by atoms with van der Waals surface area (Å²) < 4.78 is 0. The van der Waals surface area contributed by atoms with Gasteiger partial charge in [-0.3, -0.25) is 9.69 Å². The molecule has 18 heavy (non-hydrogen) atoms. The van der Waals surface area contributed by atoms with Crippen molar-refractivity contribution in [2.75, 3.05) is 45.1 Å². The molecule has 1 amide bonds. The Kier molecular flexibility index (Phi) is 4.06. The molecule has 0 atom stereocenters. The molecule has 1 saturated heterocycles. The zero-order valence-electron chi connectivity index (χ0n) is 10.1. The highest BCUT2D eigenvalue weighted by atomic mass is 16.3. The molecule has 0 saturated carbocycles. The third kappa shape index (κ3) is 2.93. The maximum absolute atomic E-state index is 12.1. The lowest BCUT2D eigenvalue weighted by Gasteiger charge is -2.34. The molecule has 2 heterocycles. The van der Waals surface area contributed by atoms with Crippen LogP contribution in [0.25, 0.3) is 0 Å². The van der Waals surface area contributed by atoms with Gasteiger partial charge in [0.05, 0.1) is 6.61 Å². The Labute approximate surface area is 105 Å². The van der Waals surface area contributed by atoms with Crippen LogP contribution in [0, 0.1) is 0 Å². The zero-order chi connectivity index (χ0) is 13.0. The molecule has 98 valence electrons. The first-order chi connectivity index (χ1) is 8.70. The number of hydrogen-bond donors (Lipinski definition) is 2. The van der Waals surface area contributed by atoms with Gasteiger partial charge in [-0.15, -0.1) is 10.2 Å². The average Bonchev–Trinajstić information content (AvgIpc) is 2.40. The van der Waals surface area contributed by atoms with Crippen molar-refractivity contribution in [3.05, 3.63) is 17.8 Å². The normalized spacial score (nSPS) is 16.8. The first kappa shape index (κ1) is 12.7. The molecule has 1 aromatic rings. The SMILES string of the molecule is Nc1ccc(C(=O)N2CCN(CCO)CC2)nn1. The lowest BCUT2D eigenvalue weighted by molar-refractivity contribution is 0.0608. The summed E-state index contributed by atoms with van der Waals surface area (Å²) in [6.45, 7) is 3.64. The van der Waals surface area contributed by atoms with Crippen LogP contribution in [0.1, 0.15) is 10.5 Å². The smallest absolute Gasteiger partial charge is 0.274 e. The largest absolute Gasteiger partial charge is 0.395 e. The van der Waals surface area contributed by atoms with Crippen LogP contribution in [0.5, 0.6) is 0 Å². The Hall–Kier alpha value is -1.73. The molecule has 0 spiro atoms. The van der Waals surface area contributed by atoms with Crippen molar-refractivity contribution in [3.8, 4) is 0 Å². The number of aliphatic hydroxyl groups excluding tert-OH is 1. The number of rotatable bonds is 3. The lowest BCUT2D eigenvalue weighted by Crippen LogP contribution is -2.49. The third-order valence-electron chi connectivity index (χ3n) is 2.98. The average molecular weight is 251 g/mol. The van der Waals surface area contributed by atoms with Crippen molar-refractivity contribution in [1.82, 2.24) is 20.0 Å². The molecule has 1 fully saturated rings. The minimum Gasteiger partial charge on any atom is -0.395 e. The Morgan fingerprint density at radius 1 is 1.28 bits per heavy atom. The fraction of sp³-hybridized carbons (Fsp3) is 0.545. The van der Waals surface area contributed by atoms with Gasteiger partial charge in [-0.2, -0.15) is 0 Å². The van der Waals surface area contributed by atoms with Crippen LogP contribution >= 0.6 is 0 Å². The quantitative estimate of drug-likeness (QED) is 0.701. The van der Waals surface area contributed by atoms with Crippen molar-refractivity contribution in [2.24, 2.45) is 0 Å². The van der Waals surface area contributed by atoms with Crippen LogP contribution in [0.2, 0.25) is 0 Å². The fourth-order valence-corrected chi connectivity index (χ4v) is 1.93. The summed E-state index contributed by atoms with van der Waals surface area (Å²) in [6.07, 6.45) is 0. The van der Waals surface area contributed by atoms with E-state index in [1.165, 1.54) is 0 Å². The van der Waals surface area contributed by atoms with Crippen LogP contribution in [0.4, 0.5) is 5.82 Å². The first-order valence-electron chi connectivity index (χ1n) is 5.92. The van der Waals surface area contributed by atoms with E-state index in [0.717, 1.165) is 13.1 Å². The first-order valence-corrected chi connectivity index (χ1v) is 5.92. The van der Waals surface area contributed by atoms with Crippen LogP contribution in [-0.4, -0.2) is 70.3 Å². The van der Waals surface area contributed by atoms with E-state index in [1.54, 1.807) is 17.0 Å². The van der Waals surface area contributed by atoms with Gasteiger partial charge < -0.3 is 15.7 Å². The number of nitrogens with zero attached hydrogens (tertiary/aromatic N) is 4. The number of carbonyl (C=O) groups excluding carboxylic acids is 1. The third-order valence-corrected chi connectivity index (χ3v) is 2.98. The fourth-order valence-electron chi connectivity index (χ4n) is 1.93. The summed E-state index contributed by atoms with van der Waals surface area (Å²) in [5.74, 6) is 0.186. The maximum atomic E-state index is 12.1. The van der Waals surface area contributed by atoms with Crippen molar-refractivity contribution < 1.29 is 9.90 Å². The van der Waals surface area contributed by atoms with E-state index in [9.17, 15) is 4.79 Å². The van der Waals surface area contributed by atoms with E-state index in [2.05, 4.69) is 15.1 Å². The van der Waals surface area contributed by atoms with Crippen LogP contribution in [-0.2, 0) is 0 Å². The topological polar surface area (TPSA) is 95.6 Å². The molecule has 7 nitrogen and oxygen atoms in total. The molecular formula is C11H17N5O2. The number of aromatic nitrogens is 2. The number of anilines is 1. The van der Waals surface area contributed by atoms with E-state index in [4.69, 9.17) is 10.8 Å². The van der Waals surface area contributed by atoms with E-state index in [1.807, 2.05) is 0 Å². The number of aliphatic hydroxyl groups is 1. The predicted molar refractivity (Wildman–Crippen MR) is 65.9 cm³/mol. The molecule has 0 bridgehead atoms. The molecule has 0 unspecified atom stereocenters. The maximum Gasteiger partial charge on any atom is 0.274 e. The van der Waals surface area contributed by atoms with Crippen LogP contribution in [0.3, 0.4) is 0 Å². The van der Waals surface area contributed by atoms with Crippen LogP contribution < -0.4 is 5.73 Å². The highest BCUT2D eigenvalue weighted by molar-refractivity contribution is 5.92. The van der Waals surface area contributed by atoms with Gasteiger partial charge in [0.1, 0.15) is 5.82 Å². The second kappa shape index (κ2) is 5.74. The molecule has 0 aliphatic carbocycles. The van der Waals surface area contributed by atoms with Gasteiger partial charge in [-0.1, -0.05) is 0 Å². The minimum atomic E-state index is -0.119. The Morgan fingerprint density at radius 2 is 2.00 bits per heavy atom. The Balaban J connectivity index is 1.93. The zero-order valence-corrected chi connectivity index (χ0v) is 10.1. The molecule has 7 heteroatoms. The monoisotopic (exact) mass is 251 g/mol. The van der Waals surface area contributed by atoms with Gasteiger partial charge in [0.15, 0.2) is 5.69 Å². The summed E-state index contributed by atoms with van der Waals surface area (Å²) in [6, 6.07) is 3.16. The molecule has 1 aromatic heterocycles. The second-order valence-electron chi connectivity index (χ2n) is 4.20. The van der Waals surface area contributed by atoms with E-state index < -0.39 is 0 Å². The predicted octanol–water partition coefficient (Wildman–Crippen LogP) is -1.19. The number of nitrogen functional groups attached to an aromatic ring is 1. The summed E-state index contributed by atoms with van der Waals surface area (Å²) in [4.78, 5) is 16.0. The molecule has 0 radical (unpaired) electrons.